The molecule has 96 valence electrons. The smallest absolute Gasteiger partial charge is 0.0705 e. The van der Waals surface area contributed by atoms with E-state index >= 15 is 0 Å². The standard InChI is InChI=1S/C13H28N2O/c1-11(2)10-16-14-13-6-5-8-15(9-7-13)12(3)4/h11-14H,5-10H2,1-4H3. The molecule has 3 nitrogen and oxygen atoms in total. The van der Waals surface area contributed by atoms with Gasteiger partial charge in [0.15, 0.2) is 0 Å². The lowest BCUT2D eigenvalue weighted by Gasteiger charge is -2.24. The van der Waals surface area contributed by atoms with Crippen molar-refractivity contribution in [2.45, 2.75) is 59.0 Å². The van der Waals surface area contributed by atoms with Crippen molar-refractivity contribution in [2.24, 2.45) is 5.92 Å². The van der Waals surface area contributed by atoms with Gasteiger partial charge in [0.1, 0.15) is 0 Å². The van der Waals surface area contributed by atoms with Gasteiger partial charge in [0.05, 0.1) is 6.61 Å². The normalized spacial score (nSPS) is 24.0. The lowest BCUT2D eigenvalue weighted by atomic mass is 10.1. The molecule has 0 amide bonds. The third kappa shape index (κ3) is 5.28. The van der Waals surface area contributed by atoms with Gasteiger partial charge in [0.25, 0.3) is 0 Å². The number of hydroxylamine groups is 1. The molecule has 1 aliphatic heterocycles. The second-order valence-electron chi connectivity index (χ2n) is 5.58. The van der Waals surface area contributed by atoms with Crippen LogP contribution in [0.3, 0.4) is 0 Å². The molecular weight excluding hydrogens is 200 g/mol. The Labute approximate surface area is 100 Å². The van der Waals surface area contributed by atoms with Crippen LogP contribution in [0, 0.1) is 5.92 Å². The fraction of sp³-hybridized carbons (Fsp3) is 1.00. The molecule has 1 N–H and O–H groups in total. The predicted octanol–water partition coefficient (Wildman–Crippen LogP) is 2.43. The average Bonchev–Trinajstić information content (AvgIpc) is 2.42. The van der Waals surface area contributed by atoms with E-state index < -0.39 is 0 Å². The van der Waals surface area contributed by atoms with Gasteiger partial charge in [-0.3, -0.25) is 0 Å². The monoisotopic (exact) mass is 228 g/mol. The summed E-state index contributed by atoms with van der Waals surface area (Å²) in [6.07, 6.45) is 3.72. The summed E-state index contributed by atoms with van der Waals surface area (Å²) < 4.78 is 0. The van der Waals surface area contributed by atoms with Gasteiger partial charge in [-0.2, -0.15) is 5.48 Å². The van der Waals surface area contributed by atoms with E-state index in [0.29, 0.717) is 18.0 Å². The van der Waals surface area contributed by atoms with Crippen molar-refractivity contribution in [1.82, 2.24) is 10.4 Å². The SMILES string of the molecule is CC(C)CONC1CCCN(C(C)C)CC1. The van der Waals surface area contributed by atoms with Crippen molar-refractivity contribution in [2.75, 3.05) is 19.7 Å². The van der Waals surface area contributed by atoms with Gasteiger partial charge in [0.2, 0.25) is 0 Å². The number of nitrogens with one attached hydrogen (secondary N) is 1. The first-order chi connectivity index (χ1) is 7.59. The summed E-state index contributed by atoms with van der Waals surface area (Å²) in [5.74, 6) is 0.602. The van der Waals surface area contributed by atoms with Crippen molar-refractivity contribution < 1.29 is 4.84 Å². The highest BCUT2D eigenvalue weighted by Gasteiger charge is 2.18. The highest BCUT2D eigenvalue weighted by molar-refractivity contribution is 4.74. The fourth-order valence-corrected chi connectivity index (χ4v) is 2.09. The first-order valence-corrected chi connectivity index (χ1v) is 6.71. The molecule has 0 aliphatic carbocycles. The van der Waals surface area contributed by atoms with E-state index in [1.54, 1.807) is 0 Å². The summed E-state index contributed by atoms with van der Waals surface area (Å²) >= 11 is 0. The largest absolute Gasteiger partial charge is 0.301 e. The van der Waals surface area contributed by atoms with Crippen LogP contribution >= 0.6 is 0 Å². The van der Waals surface area contributed by atoms with Gasteiger partial charge in [-0.15, -0.1) is 0 Å². The second kappa shape index (κ2) is 7.25. The number of hydrogen-bond acceptors (Lipinski definition) is 3. The van der Waals surface area contributed by atoms with Crippen molar-refractivity contribution >= 4 is 0 Å². The maximum absolute atomic E-state index is 5.52. The van der Waals surface area contributed by atoms with Crippen LogP contribution in [0.1, 0.15) is 47.0 Å². The molecular formula is C13H28N2O. The zero-order chi connectivity index (χ0) is 12.0. The molecule has 0 spiro atoms. The van der Waals surface area contributed by atoms with Crippen molar-refractivity contribution in [3.63, 3.8) is 0 Å². The topological polar surface area (TPSA) is 24.5 Å². The maximum atomic E-state index is 5.52. The molecule has 1 rings (SSSR count). The molecule has 1 fully saturated rings. The van der Waals surface area contributed by atoms with Gasteiger partial charge in [-0.1, -0.05) is 13.8 Å². The lowest BCUT2D eigenvalue weighted by Crippen LogP contribution is -2.34. The third-order valence-electron chi connectivity index (χ3n) is 3.16. The molecule has 1 aliphatic rings. The minimum Gasteiger partial charge on any atom is -0.301 e. The molecule has 1 unspecified atom stereocenters. The molecule has 1 atom stereocenters. The van der Waals surface area contributed by atoms with E-state index in [0.717, 1.165) is 6.61 Å². The van der Waals surface area contributed by atoms with Crippen LogP contribution < -0.4 is 5.48 Å². The second-order valence-corrected chi connectivity index (χ2v) is 5.58. The van der Waals surface area contributed by atoms with Crippen LogP contribution in [0.2, 0.25) is 0 Å². The highest BCUT2D eigenvalue weighted by Crippen LogP contribution is 2.13. The molecule has 0 aromatic carbocycles. The van der Waals surface area contributed by atoms with Crippen LogP contribution in [-0.4, -0.2) is 36.7 Å². The van der Waals surface area contributed by atoms with Crippen LogP contribution in [0.25, 0.3) is 0 Å². The Balaban J connectivity index is 2.20. The van der Waals surface area contributed by atoms with Crippen molar-refractivity contribution in [3.8, 4) is 0 Å². The zero-order valence-electron chi connectivity index (χ0n) is 11.3. The zero-order valence-corrected chi connectivity index (χ0v) is 11.3. The third-order valence-corrected chi connectivity index (χ3v) is 3.16. The molecule has 0 aromatic heterocycles. The lowest BCUT2D eigenvalue weighted by molar-refractivity contribution is -0.00223. The van der Waals surface area contributed by atoms with Gasteiger partial charge in [-0.05, 0) is 52.1 Å². The Morgan fingerprint density at radius 3 is 2.56 bits per heavy atom. The number of nitrogens with zero attached hydrogens (tertiary/aromatic N) is 1. The van der Waals surface area contributed by atoms with E-state index in [-0.39, 0.29) is 0 Å². The molecule has 1 saturated heterocycles. The van der Waals surface area contributed by atoms with Crippen LogP contribution in [0.15, 0.2) is 0 Å². The summed E-state index contributed by atoms with van der Waals surface area (Å²) in [5, 5.41) is 0. The molecule has 0 aromatic rings. The van der Waals surface area contributed by atoms with Crippen LogP contribution in [-0.2, 0) is 4.84 Å². The molecule has 16 heavy (non-hydrogen) atoms. The van der Waals surface area contributed by atoms with Gasteiger partial charge in [0, 0.05) is 12.1 Å². The summed E-state index contributed by atoms with van der Waals surface area (Å²) in [4.78, 5) is 8.08. The first-order valence-electron chi connectivity index (χ1n) is 6.71. The van der Waals surface area contributed by atoms with E-state index in [1.165, 1.54) is 32.4 Å². The molecule has 0 saturated carbocycles. The molecule has 1 heterocycles. The van der Waals surface area contributed by atoms with Crippen molar-refractivity contribution in [1.29, 1.82) is 0 Å². The summed E-state index contributed by atoms with van der Waals surface area (Å²) in [7, 11) is 0. The minimum atomic E-state index is 0.544. The number of rotatable bonds is 5. The Bertz CT molecular complexity index is 183. The van der Waals surface area contributed by atoms with Crippen LogP contribution in [0.5, 0.6) is 0 Å². The minimum absolute atomic E-state index is 0.544. The van der Waals surface area contributed by atoms with Gasteiger partial charge >= 0.3 is 0 Å². The van der Waals surface area contributed by atoms with E-state index in [9.17, 15) is 0 Å². The summed E-state index contributed by atoms with van der Waals surface area (Å²) in [6, 6.07) is 1.22. The maximum Gasteiger partial charge on any atom is 0.0705 e. The van der Waals surface area contributed by atoms with E-state index in [2.05, 4.69) is 38.1 Å². The van der Waals surface area contributed by atoms with Crippen LogP contribution in [0.4, 0.5) is 0 Å². The highest BCUT2D eigenvalue weighted by atomic mass is 16.6. The van der Waals surface area contributed by atoms with E-state index in [4.69, 9.17) is 4.84 Å². The van der Waals surface area contributed by atoms with Gasteiger partial charge in [-0.25, -0.2) is 0 Å². The first kappa shape index (κ1) is 13.9. The molecule has 3 heteroatoms. The quantitative estimate of drug-likeness (QED) is 0.731. The molecule has 0 bridgehead atoms. The summed E-state index contributed by atoms with van der Waals surface area (Å²) in [5.41, 5.74) is 3.23. The summed E-state index contributed by atoms with van der Waals surface area (Å²) in [6.45, 7) is 12.2. The van der Waals surface area contributed by atoms with E-state index in [1.807, 2.05) is 0 Å². The van der Waals surface area contributed by atoms with Gasteiger partial charge < -0.3 is 9.74 Å². The number of hydrogen-bond donors (Lipinski definition) is 1. The Hall–Kier alpha value is -0.120. The Morgan fingerprint density at radius 2 is 1.94 bits per heavy atom. The van der Waals surface area contributed by atoms with Crippen molar-refractivity contribution in [3.05, 3.63) is 0 Å². The Morgan fingerprint density at radius 1 is 1.19 bits per heavy atom. The number of likely N-dealkylation sites (tertiary alicyclic amines) is 1. The Kier molecular flexibility index (Phi) is 6.32. The average molecular weight is 228 g/mol. The molecule has 0 radical (unpaired) electrons. The fourth-order valence-electron chi connectivity index (χ4n) is 2.09. The predicted molar refractivity (Wildman–Crippen MR) is 68.3 cm³/mol.